The van der Waals surface area contributed by atoms with Crippen LogP contribution in [0.15, 0.2) is 91.0 Å². The molecule has 1 saturated heterocycles. The number of piperidine rings is 1. The second-order valence-electron chi connectivity index (χ2n) is 10.2. The number of likely N-dealkylation sites (tertiary alicyclic amines) is 1. The largest absolute Gasteiger partial charge is 0.403 e. The Morgan fingerprint density at radius 3 is 1.91 bits per heavy atom. The molecule has 1 N–H and O–H groups in total. The quantitative estimate of drug-likeness (QED) is 0.541. The number of aliphatic hydroxyl groups is 1. The van der Waals surface area contributed by atoms with Crippen molar-refractivity contribution < 1.29 is 9.53 Å². The number of hydrogen-bond donors (Lipinski definition) is 1. The summed E-state index contributed by atoms with van der Waals surface area (Å²) in [5.41, 5.74) is 1.22. The lowest BCUT2D eigenvalue weighted by atomic mass is 9.76. The highest BCUT2D eigenvalue weighted by atomic mass is 28.3. The number of benzene rings is 3. The standard InChI is InChI=1S/C29H36NO2Si/c1-29(2,3)28(26-22-30(20-19-27(26)31)21-23-13-7-4-8-14-23)32-33(24-15-9-5-10-16-24)25-17-11-6-12-18-25/h4-18,26-28,31H,19-22H2,1-3H3. The van der Waals surface area contributed by atoms with E-state index in [1.807, 2.05) is 0 Å². The molecule has 0 saturated carbocycles. The predicted molar refractivity (Wildman–Crippen MR) is 138 cm³/mol. The van der Waals surface area contributed by atoms with Gasteiger partial charge in [-0.05, 0) is 27.8 Å². The summed E-state index contributed by atoms with van der Waals surface area (Å²) >= 11 is 0. The normalized spacial score (nSPS) is 20.6. The average Bonchev–Trinajstić information content (AvgIpc) is 2.82. The average molecular weight is 459 g/mol. The SMILES string of the molecule is CC(C)(C)C(O[Si](c1ccccc1)c1ccccc1)C1CN(Cc2ccccc2)CCC1O. The minimum atomic E-state index is -1.46. The molecule has 173 valence electrons. The molecule has 0 spiro atoms. The van der Waals surface area contributed by atoms with E-state index in [1.165, 1.54) is 15.9 Å². The Labute approximate surface area is 200 Å². The van der Waals surface area contributed by atoms with Gasteiger partial charge in [-0.3, -0.25) is 4.90 Å². The van der Waals surface area contributed by atoms with Crippen LogP contribution in [0.3, 0.4) is 0 Å². The molecule has 1 fully saturated rings. The molecule has 3 nitrogen and oxygen atoms in total. The lowest BCUT2D eigenvalue weighted by molar-refractivity contribution is -0.0676. The first kappa shape index (κ1) is 23.9. The summed E-state index contributed by atoms with van der Waals surface area (Å²) < 4.78 is 7.11. The zero-order valence-corrected chi connectivity index (χ0v) is 21.0. The molecule has 1 aliphatic heterocycles. The van der Waals surface area contributed by atoms with Gasteiger partial charge in [0.1, 0.15) is 0 Å². The molecule has 3 unspecified atom stereocenters. The molecule has 4 heteroatoms. The van der Waals surface area contributed by atoms with E-state index in [0.717, 1.165) is 26.1 Å². The van der Waals surface area contributed by atoms with Gasteiger partial charge in [-0.25, -0.2) is 0 Å². The fourth-order valence-electron chi connectivity index (χ4n) is 4.84. The zero-order chi connectivity index (χ0) is 23.3. The van der Waals surface area contributed by atoms with Crippen molar-refractivity contribution in [3.63, 3.8) is 0 Å². The van der Waals surface area contributed by atoms with Crippen molar-refractivity contribution >= 4 is 19.4 Å². The Morgan fingerprint density at radius 1 is 0.879 bits per heavy atom. The van der Waals surface area contributed by atoms with E-state index < -0.39 is 9.04 Å². The van der Waals surface area contributed by atoms with Gasteiger partial charge in [0.2, 0.25) is 0 Å². The van der Waals surface area contributed by atoms with Crippen molar-refractivity contribution in [1.29, 1.82) is 0 Å². The van der Waals surface area contributed by atoms with Crippen LogP contribution in [-0.2, 0) is 11.0 Å². The molecule has 3 aromatic rings. The number of rotatable bonds is 7. The molecule has 1 radical (unpaired) electrons. The van der Waals surface area contributed by atoms with Crippen molar-refractivity contribution in [2.45, 2.75) is 45.9 Å². The first-order chi connectivity index (χ1) is 15.9. The van der Waals surface area contributed by atoms with E-state index in [4.69, 9.17) is 4.43 Å². The van der Waals surface area contributed by atoms with Gasteiger partial charge in [0.25, 0.3) is 9.04 Å². The van der Waals surface area contributed by atoms with Crippen molar-refractivity contribution in [3.8, 4) is 0 Å². The summed E-state index contributed by atoms with van der Waals surface area (Å²) in [7, 11) is -1.46. The highest BCUT2D eigenvalue weighted by molar-refractivity contribution is 6.80. The van der Waals surface area contributed by atoms with Gasteiger partial charge in [0.15, 0.2) is 0 Å². The van der Waals surface area contributed by atoms with Crippen molar-refractivity contribution in [1.82, 2.24) is 4.90 Å². The molecule has 3 atom stereocenters. The molecule has 1 aliphatic rings. The fraction of sp³-hybridized carbons (Fsp3) is 0.379. The molecule has 1 heterocycles. The van der Waals surface area contributed by atoms with E-state index >= 15 is 0 Å². The minimum absolute atomic E-state index is 0.0552. The van der Waals surface area contributed by atoms with Crippen LogP contribution in [0.25, 0.3) is 0 Å². The topological polar surface area (TPSA) is 32.7 Å². The van der Waals surface area contributed by atoms with Gasteiger partial charge in [0, 0.05) is 25.6 Å². The number of nitrogens with zero attached hydrogens (tertiary/aromatic N) is 1. The van der Waals surface area contributed by atoms with Crippen LogP contribution < -0.4 is 10.4 Å². The maximum absolute atomic E-state index is 11.1. The Bertz CT molecular complexity index is 935. The van der Waals surface area contributed by atoms with Crippen molar-refractivity contribution in [3.05, 3.63) is 96.6 Å². The molecule has 3 aromatic carbocycles. The smallest absolute Gasteiger partial charge is 0.283 e. The molecule has 4 rings (SSSR count). The third-order valence-electron chi connectivity index (χ3n) is 6.51. The van der Waals surface area contributed by atoms with Crippen LogP contribution in [0.4, 0.5) is 0 Å². The van der Waals surface area contributed by atoms with Gasteiger partial charge >= 0.3 is 0 Å². The van der Waals surface area contributed by atoms with Gasteiger partial charge in [-0.2, -0.15) is 0 Å². The van der Waals surface area contributed by atoms with Crippen LogP contribution >= 0.6 is 0 Å². The highest BCUT2D eigenvalue weighted by Crippen LogP contribution is 2.34. The molecule has 0 aromatic heterocycles. The number of hydrogen-bond acceptors (Lipinski definition) is 3. The summed E-state index contributed by atoms with van der Waals surface area (Å²) in [6.07, 6.45) is 0.378. The van der Waals surface area contributed by atoms with Gasteiger partial charge in [0.05, 0.1) is 12.2 Å². The number of aliphatic hydroxyl groups excluding tert-OH is 1. The first-order valence-corrected chi connectivity index (χ1v) is 13.4. The van der Waals surface area contributed by atoms with E-state index in [2.05, 4.69) is 117 Å². The van der Waals surface area contributed by atoms with Crippen LogP contribution in [0.1, 0.15) is 32.8 Å². The Balaban J connectivity index is 1.61. The van der Waals surface area contributed by atoms with Crippen molar-refractivity contribution in [2.75, 3.05) is 13.1 Å². The molecular formula is C29H36NO2Si. The second kappa shape index (κ2) is 10.8. The molecule has 0 amide bonds. The predicted octanol–water partition coefficient (Wildman–Crippen LogP) is 4.11. The lowest BCUT2D eigenvalue weighted by Crippen LogP contribution is -2.57. The Morgan fingerprint density at radius 2 is 1.39 bits per heavy atom. The van der Waals surface area contributed by atoms with Gasteiger partial charge in [-0.15, -0.1) is 0 Å². The monoisotopic (exact) mass is 458 g/mol. The van der Waals surface area contributed by atoms with Crippen LogP contribution in [0.5, 0.6) is 0 Å². The molecular weight excluding hydrogens is 422 g/mol. The van der Waals surface area contributed by atoms with E-state index in [1.54, 1.807) is 0 Å². The molecule has 33 heavy (non-hydrogen) atoms. The van der Waals surface area contributed by atoms with E-state index in [-0.39, 0.29) is 23.5 Å². The Hall–Kier alpha value is -2.24. The second-order valence-corrected chi connectivity index (χ2v) is 12.3. The van der Waals surface area contributed by atoms with Gasteiger partial charge < -0.3 is 9.53 Å². The summed E-state index contributed by atoms with van der Waals surface area (Å²) in [6, 6.07) is 31.8. The maximum Gasteiger partial charge on any atom is 0.283 e. The zero-order valence-electron chi connectivity index (χ0n) is 20.0. The van der Waals surface area contributed by atoms with Gasteiger partial charge in [-0.1, -0.05) is 112 Å². The third-order valence-corrected chi connectivity index (χ3v) is 8.72. The molecule has 0 bridgehead atoms. The summed E-state index contributed by atoms with van der Waals surface area (Å²) in [5.74, 6) is 0.0647. The fourth-order valence-corrected chi connectivity index (χ4v) is 7.22. The Kier molecular flexibility index (Phi) is 7.81. The molecule has 0 aliphatic carbocycles. The van der Waals surface area contributed by atoms with E-state index in [9.17, 15) is 5.11 Å². The van der Waals surface area contributed by atoms with Crippen LogP contribution in [0, 0.1) is 11.3 Å². The summed E-state index contributed by atoms with van der Waals surface area (Å²) in [6.45, 7) is 9.41. The third kappa shape index (κ3) is 6.21. The van der Waals surface area contributed by atoms with Crippen LogP contribution in [0.2, 0.25) is 0 Å². The highest BCUT2D eigenvalue weighted by Gasteiger charge is 2.42. The minimum Gasteiger partial charge on any atom is -0.403 e. The lowest BCUT2D eigenvalue weighted by Gasteiger charge is -2.45. The van der Waals surface area contributed by atoms with Crippen molar-refractivity contribution in [2.24, 2.45) is 11.3 Å². The van der Waals surface area contributed by atoms with Crippen LogP contribution in [-0.4, -0.2) is 44.3 Å². The first-order valence-electron chi connectivity index (χ1n) is 12.0. The van der Waals surface area contributed by atoms with E-state index in [0.29, 0.717) is 0 Å². The summed E-state index contributed by atoms with van der Waals surface area (Å²) in [4.78, 5) is 2.48. The maximum atomic E-state index is 11.1. The summed E-state index contributed by atoms with van der Waals surface area (Å²) in [5, 5.41) is 13.6.